The van der Waals surface area contributed by atoms with Crippen molar-refractivity contribution in [3.05, 3.63) is 35.6 Å². The Morgan fingerprint density at radius 3 is 2.67 bits per heavy atom. The fourth-order valence-corrected chi connectivity index (χ4v) is 4.18. The van der Waals surface area contributed by atoms with E-state index in [1.165, 1.54) is 18.2 Å². The molecule has 0 radical (unpaired) electrons. The van der Waals surface area contributed by atoms with E-state index < -0.39 is 21.4 Å². The zero-order valence-corrected chi connectivity index (χ0v) is 13.2. The third-order valence-corrected chi connectivity index (χ3v) is 5.83. The number of nitrogens with two attached hydrogens (primary N) is 1. The van der Waals surface area contributed by atoms with Gasteiger partial charge in [-0.1, -0.05) is 26.0 Å². The Bertz CT molecular complexity index is 673. The molecular weight excluding hydrogens is 293 g/mol. The summed E-state index contributed by atoms with van der Waals surface area (Å²) in [5.74, 6) is -0.512. The van der Waals surface area contributed by atoms with Crippen molar-refractivity contribution in [2.24, 2.45) is 16.6 Å². The van der Waals surface area contributed by atoms with Gasteiger partial charge in [0, 0.05) is 0 Å². The first-order valence-corrected chi connectivity index (χ1v) is 8.35. The maximum Gasteiger partial charge on any atom is 0.240 e. The minimum absolute atomic E-state index is 0.0103. The van der Waals surface area contributed by atoms with Crippen molar-refractivity contribution in [3.63, 3.8) is 0 Å². The molecule has 116 valence electrons. The Balaban J connectivity index is 2.36. The lowest BCUT2D eigenvalue weighted by Gasteiger charge is -2.38. The van der Waals surface area contributed by atoms with E-state index >= 15 is 0 Å². The molecule has 0 amide bonds. The number of benzene rings is 1. The third-order valence-electron chi connectivity index (χ3n) is 3.89. The van der Waals surface area contributed by atoms with Crippen LogP contribution in [-0.2, 0) is 16.6 Å². The quantitative estimate of drug-likeness (QED) is 0.923. The summed E-state index contributed by atoms with van der Waals surface area (Å²) in [6, 6.07) is 5.79. The van der Waals surface area contributed by atoms with Crippen molar-refractivity contribution < 1.29 is 12.8 Å². The fraction of sp³-hybridized carbons (Fsp3) is 0.500. The highest BCUT2D eigenvalue weighted by atomic mass is 32.2. The van der Waals surface area contributed by atoms with E-state index in [2.05, 4.69) is 4.99 Å². The van der Waals surface area contributed by atoms with E-state index in [1.54, 1.807) is 13.0 Å². The number of hydrogen-bond acceptors (Lipinski definition) is 4. The molecule has 0 aromatic heterocycles. The lowest BCUT2D eigenvalue weighted by Crippen LogP contribution is -2.54. The molecule has 0 aliphatic carbocycles. The second-order valence-corrected chi connectivity index (χ2v) is 7.77. The number of rotatable bonds is 3. The topological polar surface area (TPSA) is 75.8 Å². The number of hydrogen-bond donors (Lipinski definition) is 1. The van der Waals surface area contributed by atoms with Gasteiger partial charge in [-0.15, -0.1) is 0 Å². The molecule has 1 aliphatic rings. The summed E-state index contributed by atoms with van der Waals surface area (Å²) in [5, 5.41) is 0. The Morgan fingerprint density at radius 2 is 2.14 bits per heavy atom. The molecule has 0 bridgehead atoms. The standard InChI is InChI=1S/C14H20FN3O2S/c1-10(2)14(3)9-21(19,20)18(13(16)17-14)8-11-5-4-6-12(15)7-11/h4-7,10H,8-9H2,1-3H3,(H2,16,17)/t14-/m0/s1. The molecule has 0 saturated carbocycles. The maximum absolute atomic E-state index is 13.2. The van der Waals surface area contributed by atoms with E-state index in [1.807, 2.05) is 13.8 Å². The van der Waals surface area contributed by atoms with Crippen molar-refractivity contribution in [2.75, 3.05) is 5.75 Å². The molecule has 2 rings (SSSR count). The Kier molecular flexibility index (Phi) is 3.97. The smallest absolute Gasteiger partial charge is 0.240 e. The van der Waals surface area contributed by atoms with Crippen LogP contribution >= 0.6 is 0 Å². The van der Waals surface area contributed by atoms with Crippen LogP contribution in [0.1, 0.15) is 26.3 Å². The normalized spacial score (nSPS) is 25.0. The van der Waals surface area contributed by atoms with Gasteiger partial charge in [-0.25, -0.2) is 22.1 Å². The second-order valence-electron chi connectivity index (χ2n) is 5.87. The monoisotopic (exact) mass is 313 g/mol. The van der Waals surface area contributed by atoms with Crippen molar-refractivity contribution in [1.29, 1.82) is 0 Å². The van der Waals surface area contributed by atoms with Crippen LogP contribution in [0.2, 0.25) is 0 Å². The summed E-state index contributed by atoms with van der Waals surface area (Å²) >= 11 is 0. The molecular formula is C14H20FN3O2S. The molecule has 2 N–H and O–H groups in total. The predicted molar refractivity (Wildman–Crippen MR) is 80.6 cm³/mol. The first-order chi connectivity index (χ1) is 9.64. The summed E-state index contributed by atoms with van der Waals surface area (Å²) in [6.45, 7) is 5.59. The molecule has 5 nitrogen and oxygen atoms in total. The highest BCUT2D eigenvalue weighted by molar-refractivity contribution is 7.89. The predicted octanol–water partition coefficient (Wildman–Crippen LogP) is 1.70. The summed E-state index contributed by atoms with van der Waals surface area (Å²) in [5.41, 5.74) is 5.65. The lowest BCUT2D eigenvalue weighted by atomic mass is 9.91. The molecule has 0 fully saturated rings. The highest BCUT2D eigenvalue weighted by Gasteiger charge is 2.42. The zero-order chi connectivity index (χ0) is 15.8. The van der Waals surface area contributed by atoms with Gasteiger partial charge in [-0.2, -0.15) is 0 Å². The van der Waals surface area contributed by atoms with E-state index in [4.69, 9.17) is 5.73 Å². The summed E-state index contributed by atoms with van der Waals surface area (Å²) < 4.78 is 39.2. The van der Waals surface area contributed by atoms with Crippen molar-refractivity contribution in [1.82, 2.24) is 4.31 Å². The molecule has 1 heterocycles. The largest absolute Gasteiger partial charge is 0.369 e. The molecule has 7 heteroatoms. The third kappa shape index (κ3) is 3.18. The van der Waals surface area contributed by atoms with Crippen LogP contribution in [0.15, 0.2) is 29.3 Å². The van der Waals surface area contributed by atoms with Gasteiger partial charge >= 0.3 is 0 Å². The number of sulfonamides is 1. The molecule has 0 unspecified atom stereocenters. The summed E-state index contributed by atoms with van der Waals surface area (Å²) in [6.07, 6.45) is 0. The van der Waals surface area contributed by atoms with Gasteiger partial charge in [-0.05, 0) is 30.5 Å². The van der Waals surface area contributed by atoms with Crippen LogP contribution in [0.5, 0.6) is 0 Å². The second kappa shape index (κ2) is 5.29. The van der Waals surface area contributed by atoms with E-state index in [9.17, 15) is 12.8 Å². The van der Waals surface area contributed by atoms with Crippen molar-refractivity contribution in [3.8, 4) is 0 Å². The maximum atomic E-state index is 13.2. The molecule has 0 saturated heterocycles. The Morgan fingerprint density at radius 1 is 1.48 bits per heavy atom. The first kappa shape index (κ1) is 15.8. The van der Waals surface area contributed by atoms with Gasteiger partial charge in [0.05, 0.1) is 17.8 Å². The Hall–Kier alpha value is -1.63. The van der Waals surface area contributed by atoms with Crippen LogP contribution in [-0.4, -0.2) is 30.0 Å². The molecule has 1 aromatic rings. The van der Waals surface area contributed by atoms with Crippen LogP contribution in [0.25, 0.3) is 0 Å². The fourth-order valence-electron chi connectivity index (χ4n) is 2.22. The minimum atomic E-state index is -3.58. The zero-order valence-electron chi connectivity index (χ0n) is 12.4. The summed E-state index contributed by atoms with van der Waals surface area (Å²) in [4.78, 5) is 4.36. The van der Waals surface area contributed by atoms with Gasteiger partial charge in [0.1, 0.15) is 5.82 Å². The Labute approximate surface area is 124 Å². The summed E-state index contributed by atoms with van der Waals surface area (Å²) in [7, 11) is -3.58. The van der Waals surface area contributed by atoms with Gasteiger partial charge in [0.25, 0.3) is 0 Å². The lowest BCUT2D eigenvalue weighted by molar-refractivity contribution is 0.352. The number of aliphatic imine (C=N–C) groups is 1. The molecule has 1 aliphatic heterocycles. The van der Waals surface area contributed by atoms with Gasteiger partial charge < -0.3 is 5.73 Å². The number of guanidine groups is 1. The minimum Gasteiger partial charge on any atom is -0.369 e. The first-order valence-electron chi connectivity index (χ1n) is 6.74. The van der Waals surface area contributed by atoms with Crippen molar-refractivity contribution in [2.45, 2.75) is 32.9 Å². The van der Waals surface area contributed by atoms with E-state index in [-0.39, 0.29) is 24.2 Å². The van der Waals surface area contributed by atoms with Crippen LogP contribution in [0, 0.1) is 11.7 Å². The van der Waals surface area contributed by atoms with Crippen LogP contribution < -0.4 is 5.73 Å². The number of nitrogens with zero attached hydrogens (tertiary/aromatic N) is 2. The number of halogens is 1. The average Bonchev–Trinajstić information content (AvgIpc) is 2.33. The molecule has 1 aromatic carbocycles. The van der Waals surface area contributed by atoms with Crippen LogP contribution in [0.4, 0.5) is 4.39 Å². The van der Waals surface area contributed by atoms with E-state index in [0.717, 1.165) is 4.31 Å². The van der Waals surface area contributed by atoms with Crippen LogP contribution in [0.3, 0.4) is 0 Å². The molecule has 1 atom stereocenters. The van der Waals surface area contributed by atoms with E-state index in [0.29, 0.717) is 5.56 Å². The van der Waals surface area contributed by atoms with Gasteiger partial charge in [0.15, 0.2) is 0 Å². The highest BCUT2D eigenvalue weighted by Crippen LogP contribution is 2.29. The van der Waals surface area contributed by atoms with Crippen molar-refractivity contribution >= 4 is 16.0 Å². The average molecular weight is 313 g/mol. The molecule has 21 heavy (non-hydrogen) atoms. The van der Waals surface area contributed by atoms with Gasteiger partial charge in [0.2, 0.25) is 16.0 Å². The van der Waals surface area contributed by atoms with Gasteiger partial charge in [-0.3, -0.25) is 0 Å². The SMILES string of the molecule is CC(C)[C@]1(C)CS(=O)(=O)N(Cc2cccc(F)c2)C(N)=N1. The molecule has 0 spiro atoms.